The van der Waals surface area contributed by atoms with Gasteiger partial charge in [0, 0.05) is 34.4 Å². The molecule has 0 atom stereocenters. The summed E-state index contributed by atoms with van der Waals surface area (Å²) in [5, 5.41) is 0. The largest absolute Gasteiger partial charge is 0.487 e. The monoisotopic (exact) mass is 249 g/mol. The molecule has 1 heterocycles. The molecule has 5 heteroatoms. The highest BCUT2D eigenvalue weighted by Crippen LogP contribution is 2.35. The van der Waals surface area contributed by atoms with Crippen LogP contribution in [-0.4, -0.2) is 50.1 Å². The van der Waals surface area contributed by atoms with E-state index < -0.39 is 0 Å². The van der Waals surface area contributed by atoms with E-state index in [0.717, 1.165) is 18.5 Å². The third-order valence-electron chi connectivity index (χ3n) is 2.79. The Labute approximate surface area is 107 Å². The van der Waals surface area contributed by atoms with Gasteiger partial charge in [0.05, 0.1) is 23.6 Å². The lowest BCUT2D eigenvalue weighted by Crippen LogP contribution is -2.25. The number of carbonyl (C=O) groups is 1. The van der Waals surface area contributed by atoms with Crippen LogP contribution in [0.3, 0.4) is 0 Å². The van der Waals surface area contributed by atoms with Gasteiger partial charge < -0.3 is 14.5 Å². The molecule has 1 aromatic heterocycles. The van der Waals surface area contributed by atoms with Crippen LogP contribution in [0.4, 0.5) is 5.69 Å². The maximum atomic E-state index is 12.1. The van der Waals surface area contributed by atoms with Crippen molar-refractivity contribution in [2.75, 3.05) is 33.1 Å². The normalized spacial score (nSPS) is 14.2. The van der Waals surface area contributed by atoms with Crippen molar-refractivity contribution in [3.8, 4) is 5.75 Å². The van der Waals surface area contributed by atoms with Crippen LogP contribution in [0, 0.1) is 0 Å². The molecular weight excluding hydrogens is 230 g/mol. The molecule has 1 amide bonds. The summed E-state index contributed by atoms with van der Waals surface area (Å²) >= 11 is 0. The quantitative estimate of drug-likeness (QED) is 0.809. The van der Waals surface area contributed by atoms with Gasteiger partial charge in [-0.1, -0.05) is 0 Å². The Morgan fingerprint density at radius 2 is 1.94 bits per heavy atom. The fourth-order valence-corrected chi connectivity index (χ4v) is 1.74. The Bertz CT molecular complexity index is 454. The lowest BCUT2D eigenvalue weighted by Gasteiger charge is -2.22. The molecule has 0 unspecified atom stereocenters. The Balaban J connectivity index is 2.41. The highest BCUT2D eigenvalue weighted by molar-refractivity contribution is 6.00. The predicted molar refractivity (Wildman–Crippen MR) is 70.2 cm³/mol. The van der Waals surface area contributed by atoms with E-state index in [0.29, 0.717) is 11.3 Å². The molecule has 18 heavy (non-hydrogen) atoms. The Morgan fingerprint density at radius 3 is 2.44 bits per heavy atom. The maximum absolute atomic E-state index is 12.1. The van der Waals surface area contributed by atoms with Crippen molar-refractivity contribution >= 4 is 11.6 Å². The van der Waals surface area contributed by atoms with Crippen molar-refractivity contribution in [3.05, 3.63) is 18.0 Å². The summed E-state index contributed by atoms with van der Waals surface area (Å²) in [6, 6.07) is 0. The average molecular weight is 249 g/mol. The second-order valence-electron chi connectivity index (χ2n) is 4.95. The SMILES string of the molecule is CN(C)C(=O)c1cncc(OC2CC2)c1N(C)C. The van der Waals surface area contributed by atoms with Gasteiger partial charge in [-0.15, -0.1) is 0 Å². The topological polar surface area (TPSA) is 45.7 Å². The third kappa shape index (κ3) is 2.55. The van der Waals surface area contributed by atoms with E-state index in [1.165, 1.54) is 0 Å². The molecule has 0 aromatic carbocycles. The van der Waals surface area contributed by atoms with Crippen molar-refractivity contribution < 1.29 is 9.53 Å². The number of pyridine rings is 1. The number of carbonyl (C=O) groups excluding carboxylic acids is 1. The van der Waals surface area contributed by atoms with E-state index in [2.05, 4.69) is 4.98 Å². The van der Waals surface area contributed by atoms with Crippen LogP contribution in [-0.2, 0) is 0 Å². The molecule has 0 N–H and O–H groups in total. The molecule has 98 valence electrons. The zero-order valence-electron chi connectivity index (χ0n) is 11.3. The number of nitrogens with zero attached hydrogens (tertiary/aromatic N) is 3. The molecule has 1 aliphatic carbocycles. The van der Waals surface area contributed by atoms with Gasteiger partial charge in [-0.2, -0.15) is 0 Å². The lowest BCUT2D eigenvalue weighted by atomic mass is 10.2. The van der Waals surface area contributed by atoms with E-state index in [-0.39, 0.29) is 12.0 Å². The third-order valence-corrected chi connectivity index (χ3v) is 2.79. The molecule has 0 saturated heterocycles. The standard InChI is InChI=1S/C13H19N3O2/c1-15(2)12-10(13(17)16(3)4)7-14-8-11(12)18-9-5-6-9/h7-9H,5-6H2,1-4H3. The van der Waals surface area contributed by atoms with Gasteiger partial charge in [0.15, 0.2) is 5.75 Å². The van der Waals surface area contributed by atoms with Gasteiger partial charge in [0.1, 0.15) is 0 Å². The summed E-state index contributed by atoms with van der Waals surface area (Å²) in [7, 11) is 7.27. The fourth-order valence-electron chi connectivity index (χ4n) is 1.74. The number of hydrogen-bond donors (Lipinski definition) is 0. The number of hydrogen-bond acceptors (Lipinski definition) is 4. The minimum Gasteiger partial charge on any atom is -0.487 e. The summed E-state index contributed by atoms with van der Waals surface area (Å²) in [5.74, 6) is 0.627. The Morgan fingerprint density at radius 1 is 1.28 bits per heavy atom. The van der Waals surface area contributed by atoms with Crippen LogP contribution >= 0.6 is 0 Å². The molecule has 1 saturated carbocycles. The summed E-state index contributed by atoms with van der Waals surface area (Å²) in [6.07, 6.45) is 5.73. The first kappa shape index (κ1) is 12.7. The summed E-state index contributed by atoms with van der Waals surface area (Å²) in [5.41, 5.74) is 1.37. The maximum Gasteiger partial charge on any atom is 0.257 e. The first-order valence-electron chi connectivity index (χ1n) is 6.04. The van der Waals surface area contributed by atoms with E-state index >= 15 is 0 Å². The van der Waals surface area contributed by atoms with Crippen LogP contribution in [0.2, 0.25) is 0 Å². The highest BCUT2D eigenvalue weighted by Gasteiger charge is 2.27. The second-order valence-corrected chi connectivity index (χ2v) is 4.95. The van der Waals surface area contributed by atoms with Crippen molar-refractivity contribution in [3.63, 3.8) is 0 Å². The molecule has 0 aliphatic heterocycles. The molecule has 1 aliphatic rings. The zero-order valence-corrected chi connectivity index (χ0v) is 11.3. The van der Waals surface area contributed by atoms with E-state index in [1.807, 2.05) is 19.0 Å². The minimum absolute atomic E-state index is 0.0625. The van der Waals surface area contributed by atoms with E-state index in [4.69, 9.17) is 4.74 Å². The molecule has 5 nitrogen and oxygen atoms in total. The zero-order chi connectivity index (χ0) is 13.3. The molecule has 2 rings (SSSR count). The molecular formula is C13H19N3O2. The number of aromatic nitrogens is 1. The van der Waals surface area contributed by atoms with E-state index in [1.54, 1.807) is 31.4 Å². The van der Waals surface area contributed by atoms with Crippen LogP contribution in [0.15, 0.2) is 12.4 Å². The van der Waals surface area contributed by atoms with Gasteiger partial charge in [-0.25, -0.2) is 0 Å². The van der Waals surface area contributed by atoms with Gasteiger partial charge in [0.25, 0.3) is 5.91 Å². The second kappa shape index (κ2) is 4.84. The first-order chi connectivity index (χ1) is 8.50. The summed E-state index contributed by atoms with van der Waals surface area (Å²) < 4.78 is 5.81. The van der Waals surface area contributed by atoms with Crippen LogP contribution in [0.25, 0.3) is 0 Å². The smallest absolute Gasteiger partial charge is 0.257 e. The summed E-state index contributed by atoms with van der Waals surface area (Å²) in [6.45, 7) is 0. The van der Waals surface area contributed by atoms with Crippen molar-refractivity contribution in [2.45, 2.75) is 18.9 Å². The lowest BCUT2D eigenvalue weighted by molar-refractivity contribution is 0.0827. The van der Waals surface area contributed by atoms with Gasteiger partial charge in [-0.3, -0.25) is 9.78 Å². The Hall–Kier alpha value is -1.78. The van der Waals surface area contributed by atoms with Crippen molar-refractivity contribution in [2.24, 2.45) is 0 Å². The number of anilines is 1. The first-order valence-corrected chi connectivity index (χ1v) is 6.04. The highest BCUT2D eigenvalue weighted by atomic mass is 16.5. The minimum atomic E-state index is -0.0625. The van der Waals surface area contributed by atoms with Crippen molar-refractivity contribution in [1.82, 2.24) is 9.88 Å². The fraction of sp³-hybridized carbons (Fsp3) is 0.538. The van der Waals surface area contributed by atoms with Crippen LogP contribution in [0.5, 0.6) is 5.75 Å². The summed E-state index contributed by atoms with van der Waals surface area (Å²) in [4.78, 5) is 19.7. The molecule has 1 fully saturated rings. The van der Waals surface area contributed by atoms with Gasteiger partial charge in [0.2, 0.25) is 0 Å². The van der Waals surface area contributed by atoms with Gasteiger partial charge >= 0.3 is 0 Å². The molecule has 0 bridgehead atoms. The Kier molecular flexibility index (Phi) is 3.41. The molecule has 0 radical (unpaired) electrons. The number of rotatable bonds is 4. The van der Waals surface area contributed by atoms with Crippen LogP contribution in [0.1, 0.15) is 23.2 Å². The van der Waals surface area contributed by atoms with E-state index in [9.17, 15) is 4.79 Å². The number of amides is 1. The average Bonchev–Trinajstić information content (AvgIpc) is 3.11. The molecule has 1 aromatic rings. The van der Waals surface area contributed by atoms with Crippen LogP contribution < -0.4 is 9.64 Å². The molecule has 0 spiro atoms. The number of ether oxygens (including phenoxy) is 1. The van der Waals surface area contributed by atoms with Gasteiger partial charge in [-0.05, 0) is 12.8 Å². The predicted octanol–water partition coefficient (Wildman–Crippen LogP) is 1.39. The van der Waals surface area contributed by atoms with Crippen molar-refractivity contribution in [1.29, 1.82) is 0 Å².